The van der Waals surface area contributed by atoms with Crippen LogP contribution >= 0.6 is 11.6 Å². The number of nitrogens with one attached hydrogen (secondary N) is 1. The highest BCUT2D eigenvalue weighted by Crippen LogP contribution is 2.26. The van der Waals surface area contributed by atoms with E-state index in [-0.39, 0.29) is 0 Å². The molecule has 204 valence electrons. The smallest absolute Gasteiger partial charge is 0.225 e. The first-order chi connectivity index (χ1) is 19.7. The molecule has 3 aromatic carbocycles. The molecule has 1 aliphatic heterocycles. The van der Waals surface area contributed by atoms with Crippen LogP contribution in [0.3, 0.4) is 0 Å². The van der Waals surface area contributed by atoms with Crippen LogP contribution in [0.25, 0.3) is 16.6 Å². The average Bonchev–Trinajstić information content (AvgIpc) is 3.43. The van der Waals surface area contributed by atoms with Gasteiger partial charge in [-0.15, -0.1) is 0 Å². The number of aromatic nitrogens is 4. The van der Waals surface area contributed by atoms with Crippen molar-refractivity contribution in [3.05, 3.63) is 114 Å². The molecular formula is C32H33ClN6O. The second-order valence-electron chi connectivity index (χ2n) is 10.2. The lowest BCUT2D eigenvalue weighted by Gasteiger charge is -2.40. The first-order valence-corrected chi connectivity index (χ1v) is 14.2. The minimum Gasteiger partial charge on any atom is -0.490 e. The molecule has 2 aromatic heterocycles. The van der Waals surface area contributed by atoms with E-state index in [1.165, 1.54) is 22.8 Å². The van der Waals surface area contributed by atoms with Crippen LogP contribution in [0, 0.1) is 0 Å². The van der Waals surface area contributed by atoms with Crippen molar-refractivity contribution >= 4 is 22.5 Å². The largest absolute Gasteiger partial charge is 0.490 e. The van der Waals surface area contributed by atoms with Crippen molar-refractivity contribution in [3.8, 4) is 11.4 Å². The third-order valence-electron chi connectivity index (χ3n) is 7.71. The van der Waals surface area contributed by atoms with Gasteiger partial charge in [0.25, 0.3) is 0 Å². The van der Waals surface area contributed by atoms with Gasteiger partial charge in [0.2, 0.25) is 5.28 Å². The Morgan fingerprint density at radius 3 is 2.62 bits per heavy atom. The molecule has 5 aromatic rings. The molecular weight excluding hydrogens is 520 g/mol. The van der Waals surface area contributed by atoms with Crippen molar-refractivity contribution in [2.75, 3.05) is 19.7 Å². The van der Waals surface area contributed by atoms with Crippen LogP contribution in [0.2, 0.25) is 5.28 Å². The van der Waals surface area contributed by atoms with Crippen LogP contribution in [0.4, 0.5) is 0 Å². The highest BCUT2D eigenvalue weighted by Gasteiger charge is 2.28. The number of hydrogen-bond acceptors (Lipinski definition) is 6. The van der Waals surface area contributed by atoms with E-state index in [1.54, 1.807) is 4.68 Å². The maximum atomic E-state index is 6.28. The molecule has 0 amide bonds. The number of fused-ring (bicyclic) bond motifs is 1. The lowest BCUT2D eigenvalue weighted by atomic mass is 9.92. The van der Waals surface area contributed by atoms with Gasteiger partial charge in [0.15, 0.2) is 0 Å². The van der Waals surface area contributed by atoms with Crippen LogP contribution in [0.15, 0.2) is 97.5 Å². The van der Waals surface area contributed by atoms with Gasteiger partial charge in [-0.05, 0) is 66.3 Å². The summed E-state index contributed by atoms with van der Waals surface area (Å²) < 4.78 is 7.88. The summed E-state index contributed by atoms with van der Waals surface area (Å²) in [7, 11) is 0. The Balaban J connectivity index is 1.11. The number of likely N-dealkylation sites (tertiary alicyclic amines) is 1. The van der Waals surface area contributed by atoms with E-state index in [9.17, 15) is 0 Å². The summed E-state index contributed by atoms with van der Waals surface area (Å²) in [6, 6.07) is 30.0. The van der Waals surface area contributed by atoms with Crippen LogP contribution in [-0.4, -0.2) is 56.4 Å². The van der Waals surface area contributed by atoms with Gasteiger partial charge in [-0.1, -0.05) is 60.7 Å². The third kappa shape index (κ3) is 6.17. The SMILES string of the molecule is Clc1ncnn1-c1ccccc1OCCN1CC[C@H](NCc2ccnc3ccccc23)C[C@@H]1Cc1ccccc1. The van der Waals surface area contributed by atoms with Crippen molar-refractivity contribution in [2.24, 2.45) is 0 Å². The molecule has 1 fully saturated rings. The lowest BCUT2D eigenvalue weighted by molar-refractivity contribution is 0.104. The van der Waals surface area contributed by atoms with E-state index >= 15 is 0 Å². The second kappa shape index (κ2) is 12.6. The molecule has 0 bridgehead atoms. The Morgan fingerprint density at radius 1 is 0.925 bits per heavy atom. The fraction of sp³-hybridized carbons (Fsp3) is 0.281. The van der Waals surface area contributed by atoms with Crippen molar-refractivity contribution in [1.82, 2.24) is 30.0 Å². The highest BCUT2D eigenvalue weighted by atomic mass is 35.5. The molecule has 0 saturated carbocycles. The molecule has 1 saturated heterocycles. The van der Waals surface area contributed by atoms with Crippen LogP contribution in [0.5, 0.6) is 5.75 Å². The van der Waals surface area contributed by atoms with Gasteiger partial charge in [-0.25, -0.2) is 4.98 Å². The van der Waals surface area contributed by atoms with E-state index in [0.29, 0.717) is 24.0 Å². The minimum atomic E-state index is 0.313. The van der Waals surface area contributed by atoms with Crippen molar-refractivity contribution in [3.63, 3.8) is 0 Å². The summed E-state index contributed by atoms with van der Waals surface area (Å²) in [6.07, 6.45) is 6.56. The Kier molecular flexibility index (Phi) is 8.33. The summed E-state index contributed by atoms with van der Waals surface area (Å²) in [5.74, 6) is 0.746. The average molecular weight is 553 g/mol. The molecule has 0 unspecified atom stereocenters. The molecule has 2 atom stereocenters. The zero-order chi connectivity index (χ0) is 27.1. The molecule has 6 rings (SSSR count). The van der Waals surface area contributed by atoms with E-state index < -0.39 is 0 Å². The second-order valence-corrected chi connectivity index (χ2v) is 10.6. The summed E-state index contributed by atoms with van der Waals surface area (Å²) >= 11 is 6.22. The fourth-order valence-electron chi connectivity index (χ4n) is 5.66. The number of rotatable bonds is 10. The van der Waals surface area contributed by atoms with Gasteiger partial charge in [-0.2, -0.15) is 9.78 Å². The quantitative estimate of drug-likeness (QED) is 0.239. The number of piperidine rings is 1. The predicted molar refractivity (Wildman–Crippen MR) is 159 cm³/mol. The summed E-state index contributed by atoms with van der Waals surface area (Å²) in [5.41, 5.74) is 4.50. The third-order valence-corrected chi connectivity index (χ3v) is 7.97. The van der Waals surface area contributed by atoms with Crippen LogP contribution in [0.1, 0.15) is 24.0 Å². The standard InChI is InChI=1S/C32H33ClN6O/c33-32-36-23-37-39(32)30-12-6-7-13-31(30)40-19-18-38-17-15-26(21-27(38)20-24-8-2-1-3-9-24)35-22-25-14-16-34-29-11-5-4-10-28(25)29/h1-14,16,23,26-27,35H,15,17-22H2/t26-,27-/m0/s1. The van der Waals surface area contributed by atoms with Crippen LogP contribution < -0.4 is 10.1 Å². The van der Waals surface area contributed by atoms with E-state index in [4.69, 9.17) is 16.3 Å². The Hall–Kier alpha value is -3.78. The lowest BCUT2D eigenvalue weighted by Crippen LogP contribution is -2.50. The Labute approximate surface area is 239 Å². The molecule has 8 heteroatoms. The van der Waals surface area contributed by atoms with Gasteiger partial charge in [0, 0.05) is 43.3 Å². The van der Waals surface area contributed by atoms with E-state index in [0.717, 1.165) is 55.9 Å². The fourth-order valence-corrected chi connectivity index (χ4v) is 5.84. The molecule has 1 N–H and O–H groups in total. The predicted octanol–water partition coefficient (Wildman–Crippen LogP) is 5.71. The first kappa shape index (κ1) is 26.4. The topological polar surface area (TPSA) is 68.1 Å². The molecule has 7 nitrogen and oxygen atoms in total. The van der Waals surface area contributed by atoms with Gasteiger partial charge in [0.05, 0.1) is 5.52 Å². The number of nitrogens with zero attached hydrogens (tertiary/aromatic N) is 5. The van der Waals surface area contributed by atoms with Gasteiger partial charge >= 0.3 is 0 Å². The number of para-hydroxylation sites is 3. The summed E-state index contributed by atoms with van der Waals surface area (Å²) in [4.78, 5) is 11.1. The number of halogens is 1. The van der Waals surface area contributed by atoms with E-state index in [2.05, 4.69) is 79.9 Å². The molecule has 3 heterocycles. The summed E-state index contributed by atoms with van der Waals surface area (Å²) in [6.45, 7) is 3.29. The number of pyridine rings is 1. The molecule has 0 aliphatic carbocycles. The van der Waals surface area contributed by atoms with Crippen molar-refractivity contribution < 1.29 is 4.74 Å². The molecule has 40 heavy (non-hydrogen) atoms. The highest BCUT2D eigenvalue weighted by molar-refractivity contribution is 6.28. The minimum absolute atomic E-state index is 0.313. The Morgan fingerprint density at radius 2 is 1.75 bits per heavy atom. The zero-order valence-corrected chi connectivity index (χ0v) is 23.1. The van der Waals surface area contributed by atoms with E-state index in [1.807, 2.05) is 36.5 Å². The summed E-state index contributed by atoms with van der Waals surface area (Å²) in [5, 5.41) is 9.64. The van der Waals surface area contributed by atoms with Crippen LogP contribution in [-0.2, 0) is 13.0 Å². The van der Waals surface area contributed by atoms with Gasteiger partial charge in [0.1, 0.15) is 24.4 Å². The number of hydrogen-bond donors (Lipinski definition) is 1. The molecule has 0 spiro atoms. The van der Waals surface area contributed by atoms with Gasteiger partial charge in [-0.3, -0.25) is 9.88 Å². The number of benzene rings is 3. The molecule has 0 radical (unpaired) electrons. The number of ether oxygens (including phenoxy) is 1. The Bertz CT molecular complexity index is 1540. The van der Waals surface area contributed by atoms with Gasteiger partial charge < -0.3 is 10.1 Å². The first-order valence-electron chi connectivity index (χ1n) is 13.9. The maximum absolute atomic E-state index is 6.28. The monoisotopic (exact) mass is 552 g/mol. The van der Waals surface area contributed by atoms with Crippen molar-refractivity contribution in [1.29, 1.82) is 0 Å². The van der Waals surface area contributed by atoms with Crippen molar-refractivity contribution in [2.45, 2.75) is 37.9 Å². The molecule has 1 aliphatic rings. The normalized spacial score (nSPS) is 17.7. The maximum Gasteiger partial charge on any atom is 0.225 e. The zero-order valence-electron chi connectivity index (χ0n) is 22.4.